The topological polar surface area (TPSA) is 83.3 Å². The lowest BCUT2D eigenvalue weighted by Gasteiger charge is -2.10. The minimum Gasteiger partial charge on any atom is -0.469 e. The molecule has 1 unspecified atom stereocenters. The Hall–Kier alpha value is -1.74. The second-order valence-corrected chi connectivity index (χ2v) is 7.08. The number of fused-ring (bicyclic) bond motifs is 1. The lowest BCUT2D eigenvalue weighted by molar-refractivity contribution is -0.145. The van der Waals surface area contributed by atoms with E-state index < -0.39 is 5.97 Å². The number of hydrogen-bond acceptors (Lipinski definition) is 7. The molecule has 3 rings (SSSR count). The summed E-state index contributed by atoms with van der Waals surface area (Å²) in [5.41, 5.74) is 1.36. The summed E-state index contributed by atoms with van der Waals surface area (Å²) in [5, 5.41) is 9.47. The molecule has 2 aromatic heterocycles. The van der Waals surface area contributed by atoms with E-state index in [4.69, 9.17) is 9.47 Å². The van der Waals surface area contributed by atoms with E-state index in [1.807, 2.05) is 11.5 Å². The van der Waals surface area contributed by atoms with Crippen molar-refractivity contribution < 1.29 is 19.1 Å². The zero-order chi connectivity index (χ0) is 17.4. The summed E-state index contributed by atoms with van der Waals surface area (Å²) in [6.45, 7) is 1.84. The van der Waals surface area contributed by atoms with Gasteiger partial charge in [-0.3, -0.25) is 9.36 Å². The summed E-state index contributed by atoms with van der Waals surface area (Å²) in [5.74, 6) is 0.492. The van der Waals surface area contributed by atoms with E-state index in [1.165, 1.54) is 25.6 Å². The molecule has 1 aliphatic rings. The number of carbonyl (C=O) groups excluding carboxylic acids is 2. The van der Waals surface area contributed by atoms with E-state index in [0.29, 0.717) is 35.4 Å². The minimum atomic E-state index is -0.415. The maximum absolute atomic E-state index is 12.4. The molecule has 24 heavy (non-hydrogen) atoms. The average molecular weight is 414 g/mol. The van der Waals surface area contributed by atoms with Gasteiger partial charge in [0.15, 0.2) is 0 Å². The molecule has 0 N–H and O–H groups in total. The van der Waals surface area contributed by atoms with E-state index in [0.717, 1.165) is 15.4 Å². The number of rotatable bonds is 4. The largest absolute Gasteiger partial charge is 0.469 e. The molecule has 0 aromatic carbocycles. The number of thiophene rings is 1. The molecule has 0 bridgehead atoms. The van der Waals surface area contributed by atoms with Gasteiger partial charge in [0, 0.05) is 4.88 Å². The molecule has 2 aromatic rings. The van der Waals surface area contributed by atoms with E-state index in [-0.39, 0.29) is 11.9 Å². The van der Waals surface area contributed by atoms with Crippen molar-refractivity contribution in [2.24, 2.45) is 5.92 Å². The van der Waals surface area contributed by atoms with Crippen LogP contribution in [0, 0.1) is 12.8 Å². The first-order valence-corrected chi connectivity index (χ1v) is 9.23. The number of aryl methyl sites for hydroxylation is 1. The number of ether oxygens (including phenoxy) is 2. The molecule has 0 spiro atoms. The molecule has 7 nitrogen and oxygen atoms in total. The maximum Gasteiger partial charge on any atom is 0.341 e. The fourth-order valence-electron chi connectivity index (χ4n) is 2.98. The number of aromatic nitrogens is 3. The number of alkyl halides is 1. The van der Waals surface area contributed by atoms with Crippen molar-refractivity contribution in [1.82, 2.24) is 14.8 Å². The molecule has 2 heterocycles. The van der Waals surface area contributed by atoms with Gasteiger partial charge in [-0.1, -0.05) is 15.9 Å². The zero-order valence-corrected chi connectivity index (χ0v) is 15.9. The Labute approximate surface area is 151 Å². The third-order valence-corrected chi connectivity index (χ3v) is 5.83. The zero-order valence-electron chi connectivity index (χ0n) is 13.5. The van der Waals surface area contributed by atoms with E-state index in [9.17, 15) is 9.59 Å². The molecule has 128 valence electrons. The third kappa shape index (κ3) is 2.65. The monoisotopic (exact) mass is 413 g/mol. The number of hydrogen-bond donors (Lipinski definition) is 0. The van der Waals surface area contributed by atoms with Gasteiger partial charge in [-0.2, -0.15) is 0 Å². The van der Waals surface area contributed by atoms with Crippen molar-refractivity contribution in [2.45, 2.75) is 25.1 Å². The van der Waals surface area contributed by atoms with Crippen LogP contribution in [0.25, 0.3) is 5.00 Å². The van der Waals surface area contributed by atoms with E-state index in [1.54, 1.807) is 0 Å². The molecular formula is C15H16BrN3O4S. The standard InChI is InChI=1S/C15H16BrN3O4S/c1-7-17-18-11(6-16)19(7)13-12(15(21)23-3)9-4-8(14(20)22-2)5-10(9)24-13/h8H,4-6H2,1-3H3. The van der Waals surface area contributed by atoms with Crippen LogP contribution in [0.15, 0.2) is 0 Å². The van der Waals surface area contributed by atoms with Crippen LogP contribution >= 0.6 is 27.3 Å². The van der Waals surface area contributed by atoms with Crippen molar-refractivity contribution in [1.29, 1.82) is 0 Å². The van der Waals surface area contributed by atoms with Crippen LogP contribution in [0.5, 0.6) is 0 Å². The summed E-state index contributed by atoms with van der Waals surface area (Å²) in [6.07, 6.45) is 1.05. The van der Waals surface area contributed by atoms with Gasteiger partial charge in [0.2, 0.25) is 0 Å². The first kappa shape index (κ1) is 17.1. The number of methoxy groups -OCH3 is 2. The summed E-state index contributed by atoms with van der Waals surface area (Å²) >= 11 is 4.87. The molecule has 9 heteroatoms. The Morgan fingerprint density at radius 3 is 2.67 bits per heavy atom. The lowest BCUT2D eigenvalue weighted by Crippen LogP contribution is -2.17. The van der Waals surface area contributed by atoms with Gasteiger partial charge in [-0.15, -0.1) is 21.5 Å². The highest BCUT2D eigenvalue weighted by molar-refractivity contribution is 9.08. The predicted octanol–water partition coefficient (Wildman–Crippen LogP) is 2.21. The van der Waals surface area contributed by atoms with Crippen molar-refractivity contribution in [3.05, 3.63) is 27.7 Å². The summed E-state index contributed by atoms with van der Waals surface area (Å²) in [4.78, 5) is 25.3. The summed E-state index contributed by atoms with van der Waals surface area (Å²) < 4.78 is 11.7. The number of nitrogens with zero attached hydrogens (tertiary/aromatic N) is 3. The Morgan fingerprint density at radius 2 is 2.04 bits per heavy atom. The Bertz CT molecular complexity index is 814. The molecule has 0 radical (unpaired) electrons. The smallest absolute Gasteiger partial charge is 0.341 e. The first-order valence-electron chi connectivity index (χ1n) is 7.29. The Kier molecular flexibility index (Phi) is 4.73. The predicted molar refractivity (Wildman–Crippen MR) is 90.9 cm³/mol. The fourth-order valence-corrected chi connectivity index (χ4v) is 4.81. The van der Waals surface area contributed by atoms with E-state index in [2.05, 4.69) is 26.1 Å². The van der Waals surface area contributed by atoms with Crippen molar-refractivity contribution >= 4 is 39.2 Å². The summed E-state index contributed by atoms with van der Waals surface area (Å²) in [7, 11) is 2.73. The van der Waals surface area contributed by atoms with Crippen molar-refractivity contribution in [3.8, 4) is 5.00 Å². The van der Waals surface area contributed by atoms with Gasteiger partial charge in [-0.05, 0) is 25.3 Å². The van der Waals surface area contributed by atoms with Gasteiger partial charge in [-0.25, -0.2) is 4.79 Å². The summed E-state index contributed by atoms with van der Waals surface area (Å²) in [6, 6.07) is 0. The van der Waals surface area contributed by atoms with Crippen molar-refractivity contribution in [2.75, 3.05) is 14.2 Å². The van der Waals surface area contributed by atoms with Gasteiger partial charge >= 0.3 is 11.9 Å². The number of carbonyl (C=O) groups is 2. The second-order valence-electron chi connectivity index (χ2n) is 5.44. The Morgan fingerprint density at radius 1 is 1.29 bits per heavy atom. The SMILES string of the molecule is COC(=O)c1c(-n2c(C)nnc2CBr)sc2c1CC(C(=O)OC)C2. The highest BCUT2D eigenvalue weighted by atomic mass is 79.9. The quantitative estimate of drug-likeness (QED) is 0.564. The minimum absolute atomic E-state index is 0.244. The molecule has 0 saturated carbocycles. The lowest BCUT2D eigenvalue weighted by atomic mass is 10.1. The van der Waals surface area contributed by atoms with Crippen LogP contribution < -0.4 is 0 Å². The van der Waals surface area contributed by atoms with Crippen LogP contribution in [0.4, 0.5) is 0 Å². The van der Waals surface area contributed by atoms with Crippen LogP contribution in [0.1, 0.15) is 32.4 Å². The Balaban J connectivity index is 2.12. The normalized spacial score (nSPS) is 16.1. The number of esters is 2. The molecule has 0 amide bonds. The van der Waals surface area contributed by atoms with Crippen molar-refractivity contribution in [3.63, 3.8) is 0 Å². The van der Waals surface area contributed by atoms with Crippen LogP contribution in [-0.2, 0) is 32.4 Å². The molecule has 0 saturated heterocycles. The van der Waals surface area contributed by atoms with Crippen LogP contribution in [0.2, 0.25) is 0 Å². The third-order valence-electron chi connectivity index (χ3n) is 4.09. The highest BCUT2D eigenvalue weighted by Gasteiger charge is 2.36. The highest BCUT2D eigenvalue weighted by Crippen LogP contribution is 2.41. The first-order chi connectivity index (χ1) is 11.5. The average Bonchev–Trinajstić information content (AvgIpc) is 3.24. The van der Waals surface area contributed by atoms with Crippen LogP contribution in [-0.4, -0.2) is 40.9 Å². The second kappa shape index (κ2) is 6.64. The molecular weight excluding hydrogens is 398 g/mol. The van der Waals surface area contributed by atoms with Gasteiger partial charge in [0.25, 0.3) is 0 Å². The molecule has 0 aliphatic heterocycles. The molecule has 0 fully saturated rings. The fraction of sp³-hybridized carbons (Fsp3) is 0.467. The van der Waals surface area contributed by atoms with Gasteiger partial charge in [0.1, 0.15) is 16.6 Å². The maximum atomic E-state index is 12.4. The molecule has 1 atom stereocenters. The van der Waals surface area contributed by atoms with Gasteiger partial charge in [0.05, 0.1) is 31.0 Å². The van der Waals surface area contributed by atoms with Crippen LogP contribution in [0.3, 0.4) is 0 Å². The van der Waals surface area contributed by atoms with Gasteiger partial charge < -0.3 is 9.47 Å². The van der Waals surface area contributed by atoms with E-state index >= 15 is 0 Å². The number of halogens is 1. The molecule has 1 aliphatic carbocycles.